The number of fused-ring (bicyclic) bond motifs is 2. The van der Waals surface area contributed by atoms with Crippen LogP contribution >= 0.6 is 22.6 Å². The Morgan fingerprint density at radius 2 is 2.14 bits per heavy atom. The maximum atomic E-state index is 11.7. The minimum absolute atomic E-state index is 0.0814. The van der Waals surface area contributed by atoms with E-state index in [1.807, 2.05) is 13.8 Å². The highest BCUT2D eigenvalue weighted by atomic mass is 127. The van der Waals surface area contributed by atoms with Crippen LogP contribution < -0.4 is 0 Å². The van der Waals surface area contributed by atoms with E-state index < -0.39 is 5.41 Å². The molecule has 1 heterocycles. The molecule has 0 aromatic carbocycles. The first kappa shape index (κ1) is 10.4. The van der Waals surface area contributed by atoms with Crippen LogP contribution in [0.15, 0.2) is 0 Å². The molecule has 2 rings (SSSR count). The Morgan fingerprint density at radius 3 is 2.71 bits per heavy atom. The Morgan fingerprint density at radius 1 is 1.50 bits per heavy atom. The summed E-state index contributed by atoms with van der Waals surface area (Å²) in [5, 5.41) is 0. The summed E-state index contributed by atoms with van der Waals surface area (Å²) in [7, 11) is 0. The molecule has 0 radical (unpaired) electrons. The first-order chi connectivity index (χ1) is 6.45. The minimum Gasteiger partial charge on any atom is -0.392 e. The van der Waals surface area contributed by atoms with Crippen molar-refractivity contribution < 1.29 is 14.3 Å². The number of rotatable bonds is 1. The zero-order valence-electron chi connectivity index (χ0n) is 8.30. The maximum absolute atomic E-state index is 11.7. The lowest BCUT2D eigenvalue weighted by molar-refractivity contribution is -0.184. The fraction of sp³-hybridized carbons (Fsp3) is 0.800. The molecule has 14 heavy (non-hydrogen) atoms. The normalized spacial score (nSPS) is 46.6. The molecule has 0 unspecified atom stereocenters. The Labute approximate surface area is 96.7 Å². The second-order valence-electron chi connectivity index (χ2n) is 4.68. The molecule has 1 saturated carbocycles. The number of hydrogen-bond donors (Lipinski definition) is 0. The summed E-state index contributed by atoms with van der Waals surface area (Å²) in [6.07, 6.45) is 1.57. The van der Waals surface area contributed by atoms with Crippen molar-refractivity contribution in [2.75, 3.05) is 4.43 Å². The maximum Gasteiger partial charge on any atom is 0.320 e. The molecule has 0 N–H and O–H groups in total. The largest absolute Gasteiger partial charge is 0.392 e. The van der Waals surface area contributed by atoms with Crippen molar-refractivity contribution in [1.29, 1.82) is 0 Å². The van der Waals surface area contributed by atoms with Gasteiger partial charge in [0.2, 0.25) is 0 Å². The number of ether oxygens (including phenoxy) is 1. The van der Waals surface area contributed by atoms with Gasteiger partial charge < -0.3 is 4.74 Å². The van der Waals surface area contributed by atoms with Crippen molar-refractivity contribution in [1.82, 2.24) is 0 Å². The summed E-state index contributed by atoms with van der Waals surface area (Å²) >= 11 is 2.26. The van der Waals surface area contributed by atoms with Gasteiger partial charge in [-0.3, -0.25) is 9.59 Å². The molecule has 2 aliphatic rings. The van der Waals surface area contributed by atoms with Gasteiger partial charge in [0, 0.05) is 9.84 Å². The zero-order valence-corrected chi connectivity index (χ0v) is 10.5. The van der Waals surface area contributed by atoms with Crippen molar-refractivity contribution in [3.63, 3.8) is 0 Å². The predicted octanol–water partition coefficient (Wildman–Crippen LogP) is 1.93. The van der Waals surface area contributed by atoms with E-state index in [0.717, 1.165) is 17.3 Å². The van der Waals surface area contributed by atoms with E-state index in [1.54, 1.807) is 0 Å². The second kappa shape index (κ2) is 2.93. The molecule has 2 fully saturated rings. The van der Waals surface area contributed by atoms with Crippen LogP contribution in [0.5, 0.6) is 0 Å². The molecule has 3 atom stereocenters. The lowest BCUT2D eigenvalue weighted by Crippen LogP contribution is -2.52. The third-order valence-electron chi connectivity index (χ3n) is 4.17. The average Bonchev–Trinajstić information content (AvgIpc) is 2.34. The highest BCUT2D eigenvalue weighted by Gasteiger charge is 2.65. The van der Waals surface area contributed by atoms with Crippen LogP contribution in [0.3, 0.4) is 0 Å². The van der Waals surface area contributed by atoms with E-state index in [1.165, 1.54) is 0 Å². The monoisotopic (exact) mass is 308 g/mol. The number of alkyl halides is 1. The third kappa shape index (κ3) is 0.978. The molecule has 0 amide bonds. The van der Waals surface area contributed by atoms with E-state index in [4.69, 9.17) is 4.74 Å². The van der Waals surface area contributed by atoms with Gasteiger partial charge in [0.25, 0.3) is 0 Å². The van der Waals surface area contributed by atoms with Gasteiger partial charge in [-0.2, -0.15) is 0 Å². The van der Waals surface area contributed by atoms with E-state index in [-0.39, 0.29) is 23.3 Å². The average molecular weight is 308 g/mol. The van der Waals surface area contributed by atoms with Crippen LogP contribution in [0.25, 0.3) is 0 Å². The van der Waals surface area contributed by atoms with Crippen LogP contribution in [-0.2, 0) is 14.3 Å². The van der Waals surface area contributed by atoms with Gasteiger partial charge in [-0.1, -0.05) is 29.5 Å². The smallest absolute Gasteiger partial charge is 0.320 e. The number of esters is 2. The third-order valence-corrected chi connectivity index (χ3v) is 5.75. The fourth-order valence-electron chi connectivity index (χ4n) is 2.65. The Hall–Kier alpha value is -0.130. The molecule has 78 valence electrons. The number of halogens is 1. The number of carbonyl (C=O) groups excluding carboxylic acids is 2. The Bertz CT molecular complexity index is 314. The van der Waals surface area contributed by atoms with Gasteiger partial charge in [0.15, 0.2) is 0 Å². The van der Waals surface area contributed by atoms with Crippen LogP contribution in [0.4, 0.5) is 0 Å². The number of cyclic esters (lactones) is 2. The van der Waals surface area contributed by atoms with Crippen LogP contribution in [0.2, 0.25) is 0 Å². The van der Waals surface area contributed by atoms with E-state index in [9.17, 15) is 9.59 Å². The summed E-state index contributed by atoms with van der Waals surface area (Å²) in [6, 6.07) is 0. The number of carbonyl (C=O) groups is 2. The SMILES string of the molecule is C[C@@]12CC[C@H](C(=O)OC1=O)[C@@]2(C)CI. The highest BCUT2D eigenvalue weighted by molar-refractivity contribution is 14.1. The van der Waals surface area contributed by atoms with E-state index >= 15 is 0 Å². The molecule has 3 nitrogen and oxygen atoms in total. The highest BCUT2D eigenvalue weighted by Crippen LogP contribution is 2.60. The quantitative estimate of drug-likeness (QED) is 0.322. The summed E-state index contributed by atoms with van der Waals surface area (Å²) in [4.78, 5) is 23.2. The standard InChI is InChI=1S/C10H13IO3/c1-9-4-3-6(10(9,2)5-11)7(12)14-8(9)13/h6H,3-5H2,1-2H3/t6-,9-,10-/m1/s1. The molecular weight excluding hydrogens is 295 g/mol. The van der Waals surface area contributed by atoms with Crippen molar-refractivity contribution >= 4 is 34.5 Å². The molecule has 1 saturated heterocycles. The van der Waals surface area contributed by atoms with Crippen molar-refractivity contribution in [3.8, 4) is 0 Å². The zero-order chi connectivity index (χ0) is 10.6. The molecular formula is C10H13IO3. The van der Waals surface area contributed by atoms with Crippen LogP contribution in [0, 0.1) is 16.7 Å². The molecule has 1 aliphatic heterocycles. The fourth-order valence-corrected chi connectivity index (χ4v) is 4.02. The van der Waals surface area contributed by atoms with Crippen molar-refractivity contribution in [2.45, 2.75) is 26.7 Å². The van der Waals surface area contributed by atoms with Crippen molar-refractivity contribution in [3.05, 3.63) is 0 Å². The van der Waals surface area contributed by atoms with E-state index in [2.05, 4.69) is 22.6 Å². The lowest BCUT2D eigenvalue weighted by atomic mass is 9.64. The van der Waals surface area contributed by atoms with Crippen LogP contribution in [0.1, 0.15) is 26.7 Å². The lowest BCUT2D eigenvalue weighted by Gasteiger charge is -2.43. The molecule has 1 aliphatic carbocycles. The van der Waals surface area contributed by atoms with Gasteiger partial charge in [0.05, 0.1) is 11.3 Å². The molecule has 0 aromatic heterocycles. The summed E-state index contributed by atoms with van der Waals surface area (Å²) < 4.78 is 5.62. The van der Waals surface area contributed by atoms with Crippen molar-refractivity contribution in [2.24, 2.45) is 16.7 Å². The van der Waals surface area contributed by atoms with E-state index in [0.29, 0.717) is 0 Å². The predicted molar refractivity (Wildman–Crippen MR) is 58.9 cm³/mol. The summed E-state index contributed by atoms with van der Waals surface area (Å²) in [5.74, 6) is -0.721. The first-order valence-electron chi connectivity index (χ1n) is 4.78. The van der Waals surface area contributed by atoms with Gasteiger partial charge >= 0.3 is 11.9 Å². The topological polar surface area (TPSA) is 43.4 Å². The Kier molecular flexibility index (Phi) is 2.18. The molecule has 2 bridgehead atoms. The van der Waals surface area contributed by atoms with Gasteiger partial charge in [-0.15, -0.1) is 0 Å². The van der Waals surface area contributed by atoms with Gasteiger partial charge in [-0.25, -0.2) is 0 Å². The molecule has 0 spiro atoms. The molecule has 0 aromatic rings. The minimum atomic E-state index is -0.452. The first-order valence-corrected chi connectivity index (χ1v) is 6.30. The molecule has 4 heteroatoms. The second-order valence-corrected chi connectivity index (χ2v) is 5.45. The van der Waals surface area contributed by atoms with Crippen LogP contribution in [-0.4, -0.2) is 16.4 Å². The van der Waals surface area contributed by atoms with Gasteiger partial charge in [0.1, 0.15) is 0 Å². The Balaban J connectivity index is 2.51. The van der Waals surface area contributed by atoms with Gasteiger partial charge in [-0.05, 0) is 19.8 Å². The summed E-state index contributed by atoms with van der Waals surface area (Å²) in [6.45, 7) is 3.97. The summed E-state index contributed by atoms with van der Waals surface area (Å²) in [5.41, 5.74) is -0.660. The number of hydrogen-bond acceptors (Lipinski definition) is 3.